The first-order chi connectivity index (χ1) is 16.2. The van der Waals surface area contributed by atoms with Crippen LogP contribution in [0.4, 0.5) is 0 Å². The van der Waals surface area contributed by atoms with Gasteiger partial charge in [-0.25, -0.2) is 0 Å². The van der Waals surface area contributed by atoms with Gasteiger partial charge >= 0.3 is 0 Å². The zero-order valence-corrected chi connectivity index (χ0v) is 19.5. The molecule has 0 bridgehead atoms. The molecule has 4 heteroatoms. The summed E-state index contributed by atoms with van der Waals surface area (Å²) in [7, 11) is 5.84. The molecule has 1 fully saturated rings. The number of hydrogen-bond acceptors (Lipinski definition) is 3. The zero-order valence-electron chi connectivity index (χ0n) is 19.5. The highest BCUT2D eigenvalue weighted by atomic mass is 16.5. The molecule has 0 spiro atoms. The molecule has 2 radical (unpaired) electrons. The summed E-state index contributed by atoms with van der Waals surface area (Å²) in [5.74, 6) is 0.194. The number of hydrogen-bond donors (Lipinski definition) is 0. The maximum absolute atomic E-state index is 5.84. The normalized spacial score (nSPS) is 25.7. The van der Waals surface area contributed by atoms with Crippen molar-refractivity contribution < 1.29 is 9.39 Å². The lowest BCUT2D eigenvalue weighted by Crippen LogP contribution is -2.36. The Morgan fingerprint density at radius 1 is 1.09 bits per heavy atom. The number of allylic oxidation sites excluding steroid dienone is 4. The lowest BCUT2D eigenvalue weighted by Gasteiger charge is -2.37. The molecule has 1 aliphatic heterocycles. The minimum atomic E-state index is -0.535. The molecular formula is C29H32BNO2. The van der Waals surface area contributed by atoms with Gasteiger partial charge in [0.25, 0.3) is 8.05 Å². The molecule has 0 saturated carbocycles. The lowest BCUT2D eigenvalue weighted by atomic mass is 9.76. The molecule has 0 aromatic heterocycles. The summed E-state index contributed by atoms with van der Waals surface area (Å²) in [5.41, 5.74) is 7.37. The number of fused-ring (bicyclic) bond motifs is 2. The molecule has 0 amide bonds. The molecule has 1 saturated heterocycles. The molecule has 33 heavy (non-hydrogen) atoms. The highest BCUT2D eigenvalue weighted by Gasteiger charge is 2.34. The van der Waals surface area contributed by atoms with Crippen LogP contribution >= 0.6 is 0 Å². The van der Waals surface area contributed by atoms with Crippen molar-refractivity contribution in [3.8, 4) is 0 Å². The van der Waals surface area contributed by atoms with E-state index in [4.69, 9.17) is 17.4 Å². The van der Waals surface area contributed by atoms with Crippen molar-refractivity contribution in [1.29, 1.82) is 0 Å². The van der Waals surface area contributed by atoms with E-state index in [9.17, 15) is 0 Å². The molecule has 2 unspecified atom stereocenters. The van der Waals surface area contributed by atoms with Crippen LogP contribution in [0.25, 0.3) is 11.1 Å². The van der Waals surface area contributed by atoms with Crippen molar-refractivity contribution in [2.75, 3.05) is 32.8 Å². The molecule has 3 nitrogen and oxygen atoms in total. The monoisotopic (exact) mass is 437 g/mol. The third kappa shape index (κ3) is 4.40. The summed E-state index contributed by atoms with van der Waals surface area (Å²) in [4.78, 5) is 2.51. The minimum absolute atomic E-state index is 0.194. The van der Waals surface area contributed by atoms with Crippen molar-refractivity contribution in [2.45, 2.75) is 37.7 Å². The number of rotatable bonds is 7. The molecular weight excluding hydrogens is 405 g/mol. The Labute approximate surface area is 199 Å². The second-order valence-electron chi connectivity index (χ2n) is 9.27. The van der Waals surface area contributed by atoms with Crippen molar-refractivity contribution >= 4 is 19.2 Å². The second kappa shape index (κ2) is 9.84. The Morgan fingerprint density at radius 2 is 1.85 bits per heavy atom. The number of benzene rings is 2. The van der Waals surface area contributed by atoms with E-state index in [1.54, 1.807) is 0 Å². The van der Waals surface area contributed by atoms with Gasteiger partial charge in [-0.05, 0) is 46.2 Å². The molecule has 5 rings (SSSR count). The Morgan fingerprint density at radius 3 is 2.64 bits per heavy atom. The molecule has 3 aliphatic rings. The molecule has 2 atom stereocenters. The fraction of sp³-hybridized carbons (Fsp3) is 0.379. The topological polar surface area (TPSA) is 21.7 Å². The molecule has 2 aromatic carbocycles. The quantitative estimate of drug-likeness (QED) is 0.414. The van der Waals surface area contributed by atoms with Crippen molar-refractivity contribution in [3.63, 3.8) is 0 Å². The number of ether oxygens (including phenoxy) is 1. The third-order valence-electron chi connectivity index (χ3n) is 7.25. The standard InChI is InChI=1S/C29H32BNO2/c1-2-13-29(33-30)14-11-22(27-9-5-6-10-28(27)29)20-24-21-23(25-7-3-4-8-26(24)25)12-15-31-16-18-32-19-17-31/h3-11,14,20-22H,2,12-13,15-19H2,1H3/b24-20+. The van der Waals surface area contributed by atoms with Crippen LogP contribution in [0.1, 0.15) is 54.4 Å². The molecule has 0 N–H and O–H groups in total. The van der Waals surface area contributed by atoms with E-state index in [0.29, 0.717) is 0 Å². The molecule has 1 heterocycles. The Kier molecular flexibility index (Phi) is 6.68. The maximum Gasteiger partial charge on any atom is 0.284 e. The summed E-state index contributed by atoms with van der Waals surface area (Å²) < 4.78 is 11.1. The highest BCUT2D eigenvalue weighted by molar-refractivity contribution is 5.98. The predicted molar refractivity (Wildman–Crippen MR) is 136 cm³/mol. The molecule has 2 aliphatic carbocycles. The van der Waals surface area contributed by atoms with E-state index in [2.05, 4.69) is 84.7 Å². The first-order valence-electron chi connectivity index (χ1n) is 12.2. The summed E-state index contributed by atoms with van der Waals surface area (Å²) in [6.07, 6.45) is 12.2. The number of nitrogens with zero attached hydrogens (tertiary/aromatic N) is 1. The van der Waals surface area contributed by atoms with Gasteiger partial charge in [0.1, 0.15) is 0 Å². The summed E-state index contributed by atoms with van der Waals surface area (Å²) in [5, 5.41) is 0. The van der Waals surface area contributed by atoms with Gasteiger partial charge in [0, 0.05) is 25.6 Å². The zero-order chi connectivity index (χ0) is 22.7. The summed E-state index contributed by atoms with van der Waals surface area (Å²) >= 11 is 0. The van der Waals surface area contributed by atoms with E-state index in [1.165, 1.54) is 33.4 Å². The SMILES string of the molecule is [B]OC1(CCC)C=CC(/C=C2\C=C(CCN3CCOCC3)c3ccccc32)c2ccccc21. The molecule has 168 valence electrons. The van der Waals surface area contributed by atoms with E-state index in [-0.39, 0.29) is 5.92 Å². The van der Waals surface area contributed by atoms with Crippen molar-refractivity contribution in [3.05, 3.63) is 95.1 Å². The van der Waals surface area contributed by atoms with Crippen LogP contribution in [-0.4, -0.2) is 45.8 Å². The largest absolute Gasteiger partial charge is 0.436 e. The molecule has 2 aromatic rings. The van der Waals surface area contributed by atoms with Gasteiger partial charge < -0.3 is 9.39 Å². The maximum atomic E-state index is 5.84. The fourth-order valence-electron chi connectivity index (χ4n) is 5.52. The van der Waals surface area contributed by atoms with Gasteiger partial charge in [0.05, 0.1) is 18.8 Å². The summed E-state index contributed by atoms with van der Waals surface area (Å²) in [6.45, 7) is 7.01. The van der Waals surface area contributed by atoms with Crippen molar-refractivity contribution in [1.82, 2.24) is 4.90 Å². The van der Waals surface area contributed by atoms with Gasteiger partial charge in [0.15, 0.2) is 0 Å². The smallest absolute Gasteiger partial charge is 0.284 e. The van der Waals surface area contributed by atoms with Crippen LogP contribution in [0.3, 0.4) is 0 Å². The van der Waals surface area contributed by atoms with Crippen LogP contribution in [0.5, 0.6) is 0 Å². The minimum Gasteiger partial charge on any atom is -0.436 e. The first kappa shape index (κ1) is 22.4. The Balaban J connectivity index is 1.46. The van der Waals surface area contributed by atoms with Gasteiger partial charge in [0.2, 0.25) is 0 Å². The first-order valence-corrected chi connectivity index (χ1v) is 12.2. The van der Waals surface area contributed by atoms with Crippen LogP contribution in [-0.2, 0) is 15.0 Å². The van der Waals surface area contributed by atoms with Crippen LogP contribution < -0.4 is 0 Å². The Hall–Kier alpha value is -2.40. The van der Waals surface area contributed by atoms with E-state index in [1.807, 2.05) is 0 Å². The summed E-state index contributed by atoms with van der Waals surface area (Å²) in [6, 6.07) is 17.4. The average Bonchev–Trinajstić information content (AvgIpc) is 3.22. The van der Waals surface area contributed by atoms with Crippen molar-refractivity contribution in [2.24, 2.45) is 0 Å². The van der Waals surface area contributed by atoms with Crippen LogP contribution in [0.2, 0.25) is 0 Å². The number of morpholine rings is 1. The van der Waals surface area contributed by atoms with Gasteiger partial charge in [-0.3, -0.25) is 4.90 Å². The third-order valence-corrected chi connectivity index (χ3v) is 7.25. The predicted octanol–water partition coefficient (Wildman–Crippen LogP) is 5.64. The average molecular weight is 437 g/mol. The van der Waals surface area contributed by atoms with Gasteiger partial charge in [-0.1, -0.05) is 86.2 Å². The lowest BCUT2D eigenvalue weighted by molar-refractivity contribution is 0.0390. The second-order valence-corrected chi connectivity index (χ2v) is 9.27. The van der Waals surface area contributed by atoms with E-state index in [0.717, 1.165) is 52.1 Å². The van der Waals surface area contributed by atoms with Crippen LogP contribution in [0.15, 0.2) is 72.8 Å². The van der Waals surface area contributed by atoms with E-state index >= 15 is 0 Å². The van der Waals surface area contributed by atoms with E-state index < -0.39 is 5.60 Å². The Bertz CT molecular complexity index is 1080. The van der Waals surface area contributed by atoms with Gasteiger partial charge in [-0.2, -0.15) is 0 Å². The van der Waals surface area contributed by atoms with Crippen LogP contribution in [0, 0.1) is 0 Å². The van der Waals surface area contributed by atoms with Gasteiger partial charge in [-0.15, -0.1) is 0 Å². The highest BCUT2D eigenvalue weighted by Crippen LogP contribution is 2.44. The fourth-order valence-corrected chi connectivity index (χ4v) is 5.52.